The molecule has 0 aliphatic carbocycles. The quantitative estimate of drug-likeness (QED) is 0.574. The van der Waals surface area contributed by atoms with E-state index in [2.05, 4.69) is 11.8 Å². The van der Waals surface area contributed by atoms with Crippen LogP contribution in [0.2, 0.25) is 0 Å². The van der Waals surface area contributed by atoms with Crippen LogP contribution in [0.25, 0.3) is 0 Å². The normalized spacial score (nSPS) is 14.1. The predicted molar refractivity (Wildman–Crippen MR) is 70.0 cm³/mol. The second-order valence-electron chi connectivity index (χ2n) is 4.11. The minimum atomic E-state index is -0.388. The first-order chi connectivity index (χ1) is 8.63. The standard InChI is InChI=1S/C14H21NO3/c1-5-16-12(2)18-14(8-6-10-15(3)4)13-9-7-11-17-13/h7,9,11-12,14H,5,10H2,1-4H3. The van der Waals surface area contributed by atoms with E-state index in [0.29, 0.717) is 18.9 Å². The number of nitrogens with zero attached hydrogens (tertiary/aromatic N) is 1. The van der Waals surface area contributed by atoms with Gasteiger partial charge in [0.05, 0.1) is 12.8 Å². The van der Waals surface area contributed by atoms with Crippen LogP contribution in [-0.2, 0) is 9.47 Å². The molecule has 4 heteroatoms. The summed E-state index contributed by atoms with van der Waals surface area (Å²) in [5.74, 6) is 6.81. The fourth-order valence-corrected chi connectivity index (χ4v) is 1.37. The molecule has 100 valence electrons. The molecule has 1 aromatic rings. The van der Waals surface area contributed by atoms with E-state index in [1.165, 1.54) is 0 Å². The van der Waals surface area contributed by atoms with Crippen LogP contribution >= 0.6 is 0 Å². The minimum Gasteiger partial charge on any atom is -0.465 e. The Kier molecular flexibility index (Phi) is 6.51. The smallest absolute Gasteiger partial charge is 0.178 e. The van der Waals surface area contributed by atoms with E-state index < -0.39 is 0 Å². The Balaban J connectivity index is 2.66. The molecule has 0 saturated heterocycles. The molecule has 2 unspecified atom stereocenters. The molecule has 0 aliphatic rings. The minimum absolute atomic E-state index is 0.307. The Morgan fingerprint density at radius 3 is 2.78 bits per heavy atom. The maximum absolute atomic E-state index is 5.71. The van der Waals surface area contributed by atoms with E-state index >= 15 is 0 Å². The van der Waals surface area contributed by atoms with Gasteiger partial charge in [-0.05, 0) is 40.1 Å². The highest BCUT2D eigenvalue weighted by Gasteiger charge is 2.15. The van der Waals surface area contributed by atoms with Gasteiger partial charge in [0.2, 0.25) is 0 Å². The highest BCUT2D eigenvalue weighted by atomic mass is 16.7. The Morgan fingerprint density at radius 2 is 2.22 bits per heavy atom. The summed E-state index contributed by atoms with van der Waals surface area (Å²) in [5, 5.41) is 0. The maximum atomic E-state index is 5.71. The van der Waals surface area contributed by atoms with Crippen LogP contribution in [0.1, 0.15) is 25.7 Å². The molecule has 0 saturated carbocycles. The highest BCUT2D eigenvalue weighted by Crippen LogP contribution is 2.19. The monoisotopic (exact) mass is 251 g/mol. The summed E-state index contributed by atoms with van der Waals surface area (Å²) in [6.07, 6.45) is 0.922. The van der Waals surface area contributed by atoms with Crippen LogP contribution in [0.15, 0.2) is 22.8 Å². The third kappa shape index (κ3) is 5.37. The zero-order valence-corrected chi connectivity index (χ0v) is 11.5. The Hall–Kier alpha value is -1.28. The Morgan fingerprint density at radius 1 is 1.44 bits per heavy atom. The fraction of sp³-hybridized carbons (Fsp3) is 0.571. The van der Waals surface area contributed by atoms with Crippen LogP contribution in [0.5, 0.6) is 0 Å². The summed E-state index contributed by atoms with van der Waals surface area (Å²) in [6.45, 7) is 5.08. The maximum Gasteiger partial charge on any atom is 0.178 e. The molecule has 0 aliphatic heterocycles. The van der Waals surface area contributed by atoms with Gasteiger partial charge in [-0.3, -0.25) is 4.90 Å². The summed E-state index contributed by atoms with van der Waals surface area (Å²) in [6, 6.07) is 3.68. The molecule has 2 atom stereocenters. The van der Waals surface area contributed by atoms with Gasteiger partial charge in [-0.2, -0.15) is 0 Å². The van der Waals surface area contributed by atoms with Crippen molar-refractivity contribution in [2.45, 2.75) is 26.2 Å². The summed E-state index contributed by atoms with van der Waals surface area (Å²) in [4.78, 5) is 2.00. The SMILES string of the molecule is CCOC(C)OC(C#CCN(C)C)c1ccco1. The van der Waals surface area contributed by atoms with E-state index in [4.69, 9.17) is 13.9 Å². The molecular formula is C14H21NO3. The molecule has 0 spiro atoms. The molecule has 0 amide bonds. The van der Waals surface area contributed by atoms with Gasteiger partial charge < -0.3 is 13.9 Å². The van der Waals surface area contributed by atoms with E-state index in [0.717, 1.165) is 0 Å². The number of hydrogen-bond acceptors (Lipinski definition) is 4. The second kappa shape index (κ2) is 7.93. The molecule has 0 aromatic carbocycles. The van der Waals surface area contributed by atoms with Crippen molar-refractivity contribution >= 4 is 0 Å². The van der Waals surface area contributed by atoms with Gasteiger partial charge in [-0.1, -0.05) is 11.8 Å². The van der Waals surface area contributed by atoms with Gasteiger partial charge in [0.1, 0.15) is 5.76 Å². The lowest BCUT2D eigenvalue weighted by molar-refractivity contribution is -0.148. The van der Waals surface area contributed by atoms with E-state index in [-0.39, 0.29) is 12.4 Å². The van der Waals surface area contributed by atoms with Crippen molar-refractivity contribution in [2.24, 2.45) is 0 Å². The average molecular weight is 251 g/mol. The number of ether oxygens (including phenoxy) is 2. The van der Waals surface area contributed by atoms with Crippen molar-refractivity contribution in [3.63, 3.8) is 0 Å². The summed E-state index contributed by atoms with van der Waals surface area (Å²) in [5.41, 5.74) is 0. The zero-order valence-electron chi connectivity index (χ0n) is 11.5. The van der Waals surface area contributed by atoms with Crippen molar-refractivity contribution < 1.29 is 13.9 Å². The third-order valence-corrected chi connectivity index (χ3v) is 2.16. The van der Waals surface area contributed by atoms with Crippen LogP contribution in [0.3, 0.4) is 0 Å². The van der Waals surface area contributed by atoms with Gasteiger partial charge in [0.15, 0.2) is 12.4 Å². The van der Waals surface area contributed by atoms with Crippen LogP contribution < -0.4 is 0 Å². The van der Waals surface area contributed by atoms with Crippen molar-refractivity contribution in [2.75, 3.05) is 27.2 Å². The summed E-state index contributed by atoms with van der Waals surface area (Å²) in [7, 11) is 3.94. The van der Waals surface area contributed by atoms with E-state index in [9.17, 15) is 0 Å². The summed E-state index contributed by atoms with van der Waals surface area (Å²) < 4.78 is 16.4. The van der Waals surface area contributed by atoms with Crippen LogP contribution in [0, 0.1) is 11.8 Å². The second-order valence-corrected chi connectivity index (χ2v) is 4.11. The van der Waals surface area contributed by atoms with Gasteiger partial charge in [-0.15, -0.1) is 0 Å². The van der Waals surface area contributed by atoms with Crippen LogP contribution in [-0.4, -0.2) is 38.4 Å². The van der Waals surface area contributed by atoms with Gasteiger partial charge in [0.25, 0.3) is 0 Å². The predicted octanol–water partition coefficient (Wildman–Crippen LogP) is 2.28. The molecule has 0 N–H and O–H groups in total. The van der Waals surface area contributed by atoms with Gasteiger partial charge in [0, 0.05) is 6.61 Å². The Bertz CT molecular complexity index is 375. The van der Waals surface area contributed by atoms with E-state index in [1.807, 2.05) is 45.0 Å². The lowest BCUT2D eigenvalue weighted by Crippen LogP contribution is -2.16. The molecule has 0 bridgehead atoms. The van der Waals surface area contributed by atoms with Gasteiger partial charge in [-0.25, -0.2) is 0 Å². The van der Waals surface area contributed by atoms with Crippen molar-refractivity contribution in [1.29, 1.82) is 0 Å². The fourth-order valence-electron chi connectivity index (χ4n) is 1.37. The third-order valence-electron chi connectivity index (χ3n) is 2.16. The van der Waals surface area contributed by atoms with Crippen molar-refractivity contribution in [3.05, 3.63) is 24.2 Å². The molecular weight excluding hydrogens is 230 g/mol. The number of rotatable bonds is 6. The first-order valence-corrected chi connectivity index (χ1v) is 6.07. The van der Waals surface area contributed by atoms with E-state index in [1.54, 1.807) is 6.26 Å². The largest absolute Gasteiger partial charge is 0.465 e. The lowest BCUT2D eigenvalue weighted by Gasteiger charge is -2.16. The number of furan rings is 1. The lowest BCUT2D eigenvalue weighted by atomic mass is 10.2. The summed E-state index contributed by atoms with van der Waals surface area (Å²) >= 11 is 0. The zero-order chi connectivity index (χ0) is 13.4. The molecule has 1 aromatic heterocycles. The van der Waals surface area contributed by atoms with Crippen molar-refractivity contribution in [1.82, 2.24) is 4.90 Å². The molecule has 0 fully saturated rings. The molecule has 0 radical (unpaired) electrons. The molecule has 1 heterocycles. The van der Waals surface area contributed by atoms with Crippen LogP contribution in [0.4, 0.5) is 0 Å². The number of hydrogen-bond donors (Lipinski definition) is 0. The molecule has 1 rings (SSSR count). The first kappa shape index (κ1) is 14.8. The average Bonchev–Trinajstić information content (AvgIpc) is 2.81. The molecule has 18 heavy (non-hydrogen) atoms. The van der Waals surface area contributed by atoms with Gasteiger partial charge >= 0.3 is 0 Å². The topological polar surface area (TPSA) is 34.8 Å². The van der Waals surface area contributed by atoms with Crippen molar-refractivity contribution in [3.8, 4) is 11.8 Å². The first-order valence-electron chi connectivity index (χ1n) is 6.07. The molecule has 4 nitrogen and oxygen atoms in total. The highest BCUT2D eigenvalue weighted by molar-refractivity contribution is 5.17. The Labute approximate surface area is 109 Å².